The summed E-state index contributed by atoms with van der Waals surface area (Å²) in [5.74, 6) is 0. The van der Waals surface area contributed by atoms with Gasteiger partial charge in [0, 0.05) is 19.1 Å². The predicted molar refractivity (Wildman–Crippen MR) is 69.3 cm³/mol. The van der Waals surface area contributed by atoms with Crippen molar-refractivity contribution in [3.8, 4) is 0 Å². The molecular weight excluding hydrogens is 184 g/mol. The fraction of sp³-hybridized carbons (Fsp3) is 0.846. The predicted octanol–water partition coefficient (Wildman–Crippen LogP) is 2.66. The molecule has 2 heteroatoms. The van der Waals surface area contributed by atoms with Gasteiger partial charge >= 0.3 is 0 Å². The summed E-state index contributed by atoms with van der Waals surface area (Å²) in [6, 6.07) is 0.651. The van der Waals surface area contributed by atoms with Crippen molar-refractivity contribution in [2.75, 3.05) is 26.2 Å². The summed E-state index contributed by atoms with van der Waals surface area (Å²) in [5.41, 5.74) is 1.26. The molecule has 2 nitrogen and oxygen atoms in total. The van der Waals surface area contributed by atoms with Crippen molar-refractivity contribution < 1.29 is 0 Å². The Balaban J connectivity index is 4.02. The van der Waals surface area contributed by atoms with Crippen LogP contribution in [-0.2, 0) is 0 Å². The van der Waals surface area contributed by atoms with Crippen LogP contribution in [-0.4, -0.2) is 37.1 Å². The lowest BCUT2D eigenvalue weighted by atomic mass is 10.1. The first kappa shape index (κ1) is 14.7. The summed E-state index contributed by atoms with van der Waals surface area (Å²) < 4.78 is 0. The molecule has 90 valence electrons. The third kappa shape index (κ3) is 6.69. The molecule has 0 aromatic rings. The highest BCUT2D eigenvalue weighted by atomic mass is 15.2. The van der Waals surface area contributed by atoms with Gasteiger partial charge in [-0.25, -0.2) is 0 Å². The van der Waals surface area contributed by atoms with E-state index in [1.807, 2.05) is 0 Å². The molecule has 0 amide bonds. The molecule has 0 rings (SSSR count). The lowest BCUT2D eigenvalue weighted by Gasteiger charge is -2.30. The third-order valence-corrected chi connectivity index (χ3v) is 2.67. The van der Waals surface area contributed by atoms with E-state index >= 15 is 0 Å². The van der Waals surface area contributed by atoms with Crippen molar-refractivity contribution in [3.05, 3.63) is 12.2 Å². The molecule has 1 unspecified atom stereocenters. The lowest BCUT2D eigenvalue weighted by Crippen LogP contribution is -2.42. The van der Waals surface area contributed by atoms with Gasteiger partial charge in [0.15, 0.2) is 0 Å². The first-order valence-corrected chi connectivity index (χ1v) is 6.24. The molecule has 0 saturated carbocycles. The van der Waals surface area contributed by atoms with Crippen molar-refractivity contribution in [1.82, 2.24) is 10.2 Å². The van der Waals surface area contributed by atoms with E-state index in [4.69, 9.17) is 0 Å². The normalized spacial score (nSPS) is 13.1. The summed E-state index contributed by atoms with van der Waals surface area (Å²) >= 11 is 0. The molecule has 0 aliphatic carbocycles. The van der Waals surface area contributed by atoms with Crippen LogP contribution >= 0.6 is 0 Å². The summed E-state index contributed by atoms with van der Waals surface area (Å²) in [4.78, 5) is 2.50. The smallest absolute Gasteiger partial charge is 0.0221 e. The molecule has 0 aromatic heterocycles. The van der Waals surface area contributed by atoms with Crippen LogP contribution < -0.4 is 5.32 Å². The number of hydrogen-bond donors (Lipinski definition) is 1. The molecule has 0 aliphatic rings. The number of hydrogen-bond acceptors (Lipinski definition) is 2. The first-order valence-electron chi connectivity index (χ1n) is 6.24. The minimum atomic E-state index is 0.651. The SMILES string of the molecule is C=C(C)CN(CC)C(CC)CNCCC. The van der Waals surface area contributed by atoms with E-state index in [1.54, 1.807) is 0 Å². The second-order valence-corrected chi connectivity index (χ2v) is 4.29. The standard InChI is InChI=1S/C13H28N2/c1-6-9-14-10-13(7-2)15(8-3)11-12(4)5/h13-14H,4,6-11H2,1-3,5H3. The maximum atomic E-state index is 3.99. The molecule has 0 saturated heterocycles. The van der Waals surface area contributed by atoms with E-state index in [0.29, 0.717) is 6.04 Å². The summed E-state index contributed by atoms with van der Waals surface area (Å²) in [7, 11) is 0. The summed E-state index contributed by atoms with van der Waals surface area (Å²) in [6.07, 6.45) is 2.42. The van der Waals surface area contributed by atoms with Gasteiger partial charge in [0.2, 0.25) is 0 Å². The summed E-state index contributed by atoms with van der Waals surface area (Å²) in [5, 5.41) is 3.50. The molecule has 0 radical (unpaired) electrons. The molecule has 15 heavy (non-hydrogen) atoms. The van der Waals surface area contributed by atoms with Crippen molar-refractivity contribution in [2.24, 2.45) is 0 Å². The van der Waals surface area contributed by atoms with Crippen LogP contribution in [0.15, 0.2) is 12.2 Å². The van der Waals surface area contributed by atoms with Crippen LogP contribution in [0.5, 0.6) is 0 Å². The number of nitrogens with zero attached hydrogens (tertiary/aromatic N) is 1. The second-order valence-electron chi connectivity index (χ2n) is 4.29. The maximum absolute atomic E-state index is 3.99. The average molecular weight is 212 g/mol. The Bertz CT molecular complexity index is 166. The number of likely N-dealkylation sites (N-methyl/N-ethyl adjacent to an activating group) is 1. The van der Waals surface area contributed by atoms with Gasteiger partial charge in [-0.3, -0.25) is 4.90 Å². The van der Waals surface area contributed by atoms with Crippen LogP contribution in [0.1, 0.15) is 40.5 Å². The van der Waals surface area contributed by atoms with Crippen molar-refractivity contribution in [1.29, 1.82) is 0 Å². The van der Waals surface area contributed by atoms with Crippen LogP contribution in [0.2, 0.25) is 0 Å². The molecule has 0 aliphatic heterocycles. The Kier molecular flexibility index (Phi) is 8.73. The fourth-order valence-electron chi connectivity index (χ4n) is 1.82. The van der Waals surface area contributed by atoms with Gasteiger partial charge in [-0.15, -0.1) is 0 Å². The Labute approximate surface area is 95.7 Å². The van der Waals surface area contributed by atoms with Gasteiger partial charge in [0.05, 0.1) is 0 Å². The minimum Gasteiger partial charge on any atom is -0.315 e. The van der Waals surface area contributed by atoms with Crippen molar-refractivity contribution in [2.45, 2.75) is 46.6 Å². The zero-order valence-corrected chi connectivity index (χ0v) is 11.0. The second kappa shape index (κ2) is 8.93. The number of rotatable bonds is 9. The maximum Gasteiger partial charge on any atom is 0.0221 e. The van der Waals surface area contributed by atoms with Crippen LogP contribution in [0.25, 0.3) is 0 Å². The number of nitrogens with one attached hydrogen (secondary N) is 1. The van der Waals surface area contributed by atoms with E-state index in [9.17, 15) is 0 Å². The van der Waals surface area contributed by atoms with E-state index in [0.717, 1.165) is 26.2 Å². The minimum absolute atomic E-state index is 0.651. The van der Waals surface area contributed by atoms with E-state index < -0.39 is 0 Å². The molecule has 1 atom stereocenters. The van der Waals surface area contributed by atoms with E-state index in [-0.39, 0.29) is 0 Å². The lowest BCUT2D eigenvalue weighted by molar-refractivity contribution is 0.212. The Morgan fingerprint density at radius 2 is 2.00 bits per heavy atom. The summed E-state index contributed by atoms with van der Waals surface area (Å²) in [6.45, 7) is 17.2. The molecule has 0 heterocycles. The van der Waals surface area contributed by atoms with E-state index in [2.05, 4.69) is 44.5 Å². The quantitative estimate of drug-likeness (QED) is 0.467. The Morgan fingerprint density at radius 3 is 2.40 bits per heavy atom. The molecule has 0 spiro atoms. The van der Waals surface area contributed by atoms with Crippen LogP contribution in [0.3, 0.4) is 0 Å². The molecule has 0 fully saturated rings. The van der Waals surface area contributed by atoms with Crippen LogP contribution in [0, 0.1) is 0 Å². The highest BCUT2D eigenvalue weighted by molar-refractivity contribution is 4.93. The molecule has 0 bridgehead atoms. The van der Waals surface area contributed by atoms with Gasteiger partial charge < -0.3 is 5.32 Å². The largest absolute Gasteiger partial charge is 0.315 e. The average Bonchev–Trinajstić information content (AvgIpc) is 2.21. The highest BCUT2D eigenvalue weighted by Gasteiger charge is 2.14. The van der Waals surface area contributed by atoms with E-state index in [1.165, 1.54) is 18.4 Å². The molecule has 0 aromatic carbocycles. The fourth-order valence-corrected chi connectivity index (χ4v) is 1.82. The molecule has 1 N–H and O–H groups in total. The zero-order valence-electron chi connectivity index (χ0n) is 11.0. The Morgan fingerprint density at radius 1 is 1.33 bits per heavy atom. The van der Waals surface area contributed by atoms with Gasteiger partial charge in [-0.1, -0.05) is 32.9 Å². The highest BCUT2D eigenvalue weighted by Crippen LogP contribution is 2.05. The van der Waals surface area contributed by atoms with Gasteiger partial charge in [-0.05, 0) is 32.9 Å². The van der Waals surface area contributed by atoms with Crippen LogP contribution in [0.4, 0.5) is 0 Å². The van der Waals surface area contributed by atoms with Gasteiger partial charge in [-0.2, -0.15) is 0 Å². The molecular formula is C13H28N2. The topological polar surface area (TPSA) is 15.3 Å². The van der Waals surface area contributed by atoms with Gasteiger partial charge in [0.1, 0.15) is 0 Å². The van der Waals surface area contributed by atoms with Crippen molar-refractivity contribution >= 4 is 0 Å². The van der Waals surface area contributed by atoms with Gasteiger partial charge in [0.25, 0.3) is 0 Å². The Hall–Kier alpha value is -0.340. The van der Waals surface area contributed by atoms with Crippen molar-refractivity contribution in [3.63, 3.8) is 0 Å². The zero-order chi connectivity index (χ0) is 11.7. The monoisotopic (exact) mass is 212 g/mol. The third-order valence-electron chi connectivity index (χ3n) is 2.67. The first-order chi connectivity index (χ1) is 7.15.